The lowest BCUT2D eigenvalue weighted by molar-refractivity contribution is -0.146. The summed E-state index contributed by atoms with van der Waals surface area (Å²) in [6.07, 6.45) is 3.44. The fraction of sp³-hybridized carbons (Fsp3) is 0.857. The Labute approximate surface area is 198 Å². The number of nitrogens with zero attached hydrogens (tertiary/aromatic N) is 1. The Kier molecular flexibility index (Phi) is 17.2. The van der Waals surface area contributed by atoms with E-state index in [1.54, 1.807) is 0 Å². The van der Waals surface area contributed by atoms with E-state index in [0.29, 0.717) is 6.42 Å². The topological polar surface area (TPSA) is 132 Å². The molecule has 0 spiro atoms. The van der Waals surface area contributed by atoms with E-state index in [1.165, 1.54) is 7.11 Å². The molecule has 1 aliphatic rings. The molecule has 10 nitrogen and oxygen atoms in total. The number of aliphatic hydroxyl groups is 1. The summed E-state index contributed by atoms with van der Waals surface area (Å²) < 4.78 is 4.59. The van der Waals surface area contributed by atoms with Gasteiger partial charge in [0.2, 0.25) is 11.8 Å². The van der Waals surface area contributed by atoms with Gasteiger partial charge in [-0.05, 0) is 70.9 Å². The largest absolute Gasteiger partial charge is 0.467 e. The number of carbonyl (C=O) groups excluding carboxylic acids is 3. The lowest BCUT2D eigenvalue weighted by Gasteiger charge is -2.26. The van der Waals surface area contributed by atoms with Gasteiger partial charge in [-0.2, -0.15) is 0 Å². The highest BCUT2D eigenvalue weighted by molar-refractivity contribution is 5.91. The molecule has 1 rings (SSSR count). The van der Waals surface area contributed by atoms with Gasteiger partial charge >= 0.3 is 5.97 Å². The molecular formula is C21H42ClN5O5. The number of nitrogens with one attached hydrogen (secondary N) is 4. The van der Waals surface area contributed by atoms with E-state index in [0.717, 1.165) is 58.5 Å². The van der Waals surface area contributed by atoms with Crippen LogP contribution in [-0.2, 0) is 19.1 Å². The fourth-order valence-corrected chi connectivity index (χ4v) is 3.45. The molecule has 1 saturated heterocycles. The van der Waals surface area contributed by atoms with Gasteiger partial charge in [0.1, 0.15) is 6.04 Å². The number of esters is 1. The van der Waals surface area contributed by atoms with Gasteiger partial charge in [0, 0.05) is 0 Å². The van der Waals surface area contributed by atoms with Crippen molar-refractivity contribution in [1.29, 1.82) is 0 Å². The van der Waals surface area contributed by atoms with Gasteiger partial charge in [0.05, 0.1) is 20.3 Å². The quantitative estimate of drug-likeness (QED) is 0.273. The Hall–Kier alpha value is -1.46. The van der Waals surface area contributed by atoms with Crippen LogP contribution in [0.4, 0.5) is 0 Å². The van der Waals surface area contributed by atoms with Crippen molar-refractivity contribution in [3.8, 4) is 0 Å². The van der Waals surface area contributed by atoms with Gasteiger partial charge in [0.15, 0.2) is 6.04 Å². The predicted octanol–water partition coefficient (Wildman–Crippen LogP) is -0.746. The number of halogens is 1. The Balaban J connectivity index is 0.00000961. The third kappa shape index (κ3) is 13.2. The normalized spacial score (nSPS) is 18.3. The number of hydrogen-bond donors (Lipinski definition) is 5. The average Bonchev–Trinajstić information content (AvgIpc) is 2.72. The lowest BCUT2D eigenvalue weighted by atomic mass is 10.0. The maximum atomic E-state index is 12.7. The molecule has 0 unspecified atom stereocenters. The third-order valence-corrected chi connectivity index (χ3v) is 5.07. The number of methoxy groups -OCH3 is 1. The highest BCUT2D eigenvalue weighted by atomic mass is 35.5. The molecular weight excluding hydrogens is 438 g/mol. The fourth-order valence-electron chi connectivity index (χ4n) is 3.45. The first kappa shape index (κ1) is 30.5. The van der Waals surface area contributed by atoms with Crippen molar-refractivity contribution < 1.29 is 24.2 Å². The van der Waals surface area contributed by atoms with Crippen molar-refractivity contribution in [2.24, 2.45) is 5.92 Å². The molecule has 5 N–H and O–H groups in total. The minimum atomic E-state index is -1.15. The summed E-state index contributed by atoms with van der Waals surface area (Å²) in [6, 6.07) is -1.94. The summed E-state index contributed by atoms with van der Waals surface area (Å²) in [5.74, 6) is -1.31. The van der Waals surface area contributed by atoms with E-state index in [2.05, 4.69) is 30.9 Å². The molecule has 1 aliphatic heterocycles. The zero-order chi connectivity index (χ0) is 23.1. The van der Waals surface area contributed by atoms with Gasteiger partial charge in [-0.3, -0.25) is 14.5 Å². The summed E-state index contributed by atoms with van der Waals surface area (Å²) in [5, 5.41) is 21.4. The van der Waals surface area contributed by atoms with Crippen LogP contribution < -0.4 is 21.3 Å². The summed E-state index contributed by atoms with van der Waals surface area (Å²) >= 11 is 0. The first-order valence-electron chi connectivity index (χ1n) is 11.3. The minimum absolute atomic E-state index is 0. The van der Waals surface area contributed by atoms with Gasteiger partial charge in [-0.1, -0.05) is 13.8 Å². The van der Waals surface area contributed by atoms with Gasteiger partial charge < -0.3 is 31.1 Å². The molecule has 188 valence electrons. The average molecular weight is 480 g/mol. The molecule has 0 aliphatic carbocycles. The van der Waals surface area contributed by atoms with Crippen LogP contribution in [0.2, 0.25) is 0 Å². The van der Waals surface area contributed by atoms with E-state index in [-0.39, 0.29) is 30.8 Å². The maximum Gasteiger partial charge on any atom is 0.330 e. The number of hydrogen-bond acceptors (Lipinski definition) is 8. The summed E-state index contributed by atoms with van der Waals surface area (Å²) in [4.78, 5) is 39.2. The first-order chi connectivity index (χ1) is 14.9. The molecule has 2 amide bonds. The molecule has 1 fully saturated rings. The van der Waals surface area contributed by atoms with Gasteiger partial charge in [-0.15, -0.1) is 12.4 Å². The molecule has 0 saturated carbocycles. The lowest BCUT2D eigenvalue weighted by Crippen LogP contribution is -2.54. The first-order valence-corrected chi connectivity index (χ1v) is 11.3. The van der Waals surface area contributed by atoms with Crippen molar-refractivity contribution in [1.82, 2.24) is 26.2 Å². The second-order valence-electron chi connectivity index (χ2n) is 8.35. The van der Waals surface area contributed by atoms with Crippen LogP contribution >= 0.6 is 12.4 Å². The molecule has 0 aromatic carbocycles. The van der Waals surface area contributed by atoms with E-state index < -0.39 is 30.6 Å². The summed E-state index contributed by atoms with van der Waals surface area (Å²) in [7, 11) is 1.19. The molecule has 32 heavy (non-hydrogen) atoms. The van der Waals surface area contributed by atoms with Crippen LogP contribution in [0.3, 0.4) is 0 Å². The maximum absolute atomic E-state index is 12.7. The number of aliphatic hydroxyl groups excluding tert-OH is 1. The monoisotopic (exact) mass is 479 g/mol. The Bertz CT molecular complexity index is 541. The van der Waals surface area contributed by atoms with Crippen molar-refractivity contribution in [3.63, 3.8) is 0 Å². The molecule has 1 heterocycles. The number of rotatable bonds is 9. The van der Waals surface area contributed by atoms with Crippen LogP contribution in [0.25, 0.3) is 0 Å². The molecule has 0 aromatic heterocycles. The van der Waals surface area contributed by atoms with Gasteiger partial charge in [0.25, 0.3) is 0 Å². The number of amides is 2. The molecule has 0 bridgehead atoms. The number of carbonyl (C=O) groups is 3. The van der Waals surface area contributed by atoms with Crippen molar-refractivity contribution in [3.05, 3.63) is 0 Å². The van der Waals surface area contributed by atoms with Crippen molar-refractivity contribution >= 4 is 30.2 Å². The number of ether oxygens (including phenoxy) is 1. The van der Waals surface area contributed by atoms with E-state index in [4.69, 9.17) is 0 Å². The summed E-state index contributed by atoms with van der Waals surface area (Å²) in [6.45, 7) is 8.93. The van der Waals surface area contributed by atoms with Crippen molar-refractivity contribution in [2.75, 3.05) is 59.5 Å². The standard InChI is InChI=1S/C21H41N5O5.ClH/c1-16(2)13-17(20(29)25-18(15-27)21(30)31-3)24-19(28)14-26-11-5-9-22-7-4-8-23-10-6-12-26;/h16-18,22-23,27H,4-15H2,1-3H3,(H,24,28)(H,25,29);1H/t17-,18-;/m0./s1. The van der Waals surface area contributed by atoms with Crippen LogP contribution in [-0.4, -0.2) is 99.4 Å². The smallest absolute Gasteiger partial charge is 0.330 e. The van der Waals surface area contributed by atoms with E-state index >= 15 is 0 Å². The zero-order valence-corrected chi connectivity index (χ0v) is 20.5. The Morgan fingerprint density at radius 3 is 2.03 bits per heavy atom. The van der Waals surface area contributed by atoms with Gasteiger partial charge in [-0.25, -0.2) is 4.79 Å². The second kappa shape index (κ2) is 18.0. The molecule has 2 atom stereocenters. The second-order valence-corrected chi connectivity index (χ2v) is 8.35. The Morgan fingerprint density at radius 1 is 0.969 bits per heavy atom. The van der Waals surface area contributed by atoms with Crippen LogP contribution in [0, 0.1) is 5.92 Å². The summed E-state index contributed by atoms with van der Waals surface area (Å²) in [5.41, 5.74) is 0. The molecule has 0 radical (unpaired) electrons. The van der Waals surface area contributed by atoms with Crippen LogP contribution in [0.1, 0.15) is 39.5 Å². The minimum Gasteiger partial charge on any atom is -0.467 e. The highest BCUT2D eigenvalue weighted by Crippen LogP contribution is 2.06. The van der Waals surface area contributed by atoms with Crippen LogP contribution in [0.5, 0.6) is 0 Å². The van der Waals surface area contributed by atoms with Crippen LogP contribution in [0.15, 0.2) is 0 Å². The predicted molar refractivity (Wildman–Crippen MR) is 126 cm³/mol. The Morgan fingerprint density at radius 2 is 1.53 bits per heavy atom. The zero-order valence-electron chi connectivity index (χ0n) is 19.7. The highest BCUT2D eigenvalue weighted by Gasteiger charge is 2.27. The molecule has 0 aromatic rings. The van der Waals surface area contributed by atoms with E-state index in [1.807, 2.05) is 13.8 Å². The third-order valence-electron chi connectivity index (χ3n) is 5.07. The molecule has 11 heteroatoms. The van der Waals surface area contributed by atoms with Crippen molar-refractivity contribution in [2.45, 2.75) is 51.6 Å². The van der Waals surface area contributed by atoms with E-state index in [9.17, 15) is 19.5 Å². The SMILES string of the molecule is COC(=O)[C@H](CO)NC(=O)[C@H](CC(C)C)NC(=O)CN1CCCNCCCNCCC1.Cl.